The Hall–Kier alpha value is -2.60. The number of carbonyl (C=O) groups is 1. The number of aromatic nitrogens is 1. The highest BCUT2D eigenvalue weighted by Crippen LogP contribution is 2.19. The van der Waals surface area contributed by atoms with Crippen LogP contribution >= 0.6 is 15.9 Å². The number of esters is 1. The fraction of sp³-hybridized carbons (Fsp3) is 0.200. The van der Waals surface area contributed by atoms with Gasteiger partial charge in [0, 0.05) is 4.47 Å². The van der Waals surface area contributed by atoms with Gasteiger partial charge in [-0.25, -0.2) is 4.79 Å². The predicted octanol–water partition coefficient (Wildman–Crippen LogP) is 4.99. The number of ether oxygens (including phenoxy) is 2. The molecule has 0 saturated carbocycles. The Kier molecular flexibility index (Phi) is 5.73. The van der Waals surface area contributed by atoms with Gasteiger partial charge in [0.25, 0.3) is 0 Å². The van der Waals surface area contributed by atoms with E-state index in [0.717, 1.165) is 27.1 Å². The molecule has 0 aliphatic carbocycles. The Morgan fingerprint density at radius 2 is 1.92 bits per heavy atom. The number of benzene rings is 2. The maximum atomic E-state index is 12.3. The molecule has 2 aromatic carbocycles. The lowest BCUT2D eigenvalue weighted by atomic mass is 10.2. The molecule has 0 amide bonds. The molecule has 3 aromatic rings. The molecular formula is C20H18BrNO4. The third-order valence-electron chi connectivity index (χ3n) is 3.89. The second-order valence-corrected chi connectivity index (χ2v) is 6.74. The summed E-state index contributed by atoms with van der Waals surface area (Å²) in [6.07, 6.45) is 0. The summed E-state index contributed by atoms with van der Waals surface area (Å²) in [6.45, 7) is 4.25. The van der Waals surface area contributed by atoms with Crippen LogP contribution in [0.15, 0.2) is 57.5 Å². The summed E-state index contributed by atoms with van der Waals surface area (Å²) in [4.78, 5) is 12.3. The van der Waals surface area contributed by atoms with Crippen molar-refractivity contribution in [3.05, 3.63) is 81.1 Å². The molecule has 0 radical (unpaired) electrons. The molecule has 134 valence electrons. The van der Waals surface area contributed by atoms with Gasteiger partial charge in [0.1, 0.15) is 24.7 Å². The third kappa shape index (κ3) is 4.52. The average molecular weight is 416 g/mol. The van der Waals surface area contributed by atoms with E-state index in [4.69, 9.17) is 14.0 Å². The lowest BCUT2D eigenvalue weighted by Crippen LogP contribution is -2.06. The highest BCUT2D eigenvalue weighted by molar-refractivity contribution is 9.10. The minimum Gasteiger partial charge on any atom is -0.489 e. The normalized spacial score (nSPS) is 10.6. The van der Waals surface area contributed by atoms with Crippen LogP contribution in [0, 0.1) is 13.8 Å². The number of aryl methyl sites for hydroxylation is 2. The molecule has 3 rings (SSSR count). The van der Waals surface area contributed by atoms with E-state index in [-0.39, 0.29) is 6.61 Å². The number of nitrogens with zero attached hydrogens (tertiary/aromatic N) is 1. The van der Waals surface area contributed by atoms with Crippen molar-refractivity contribution in [2.75, 3.05) is 0 Å². The van der Waals surface area contributed by atoms with E-state index in [9.17, 15) is 4.79 Å². The number of rotatable bonds is 6. The van der Waals surface area contributed by atoms with Gasteiger partial charge in [0.2, 0.25) is 0 Å². The van der Waals surface area contributed by atoms with Gasteiger partial charge in [-0.15, -0.1) is 0 Å². The second kappa shape index (κ2) is 8.19. The van der Waals surface area contributed by atoms with Crippen LogP contribution in [0.1, 0.15) is 32.9 Å². The molecule has 0 saturated heterocycles. The molecule has 6 heteroatoms. The van der Waals surface area contributed by atoms with Crippen molar-refractivity contribution in [3.8, 4) is 5.75 Å². The zero-order chi connectivity index (χ0) is 18.5. The van der Waals surface area contributed by atoms with Gasteiger partial charge in [-0.1, -0.05) is 39.3 Å². The average Bonchev–Trinajstić information content (AvgIpc) is 2.96. The van der Waals surface area contributed by atoms with Crippen molar-refractivity contribution in [1.29, 1.82) is 0 Å². The molecule has 0 unspecified atom stereocenters. The van der Waals surface area contributed by atoms with E-state index in [1.165, 1.54) is 0 Å². The fourth-order valence-corrected chi connectivity index (χ4v) is 2.88. The van der Waals surface area contributed by atoms with Crippen LogP contribution in [0.25, 0.3) is 0 Å². The van der Waals surface area contributed by atoms with E-state index in [0.29, 0.717) is 17.9 Å². The zero-order valence-corrected chi connectivity index (χ0v) is 16.1. The van der Waals surface area contributed by atoms with Gasteiger partial charge in [-0.3, -0.25) is 0 Å². The smallest absolute Gasteiger partial charge is 0.338 e. The monoisotopic (exact) mass is 415 g/mol. The van der Waals surface area contributed by atoms with E-state index in [1.807, 2.05) is 38.1 Å². The fourth-order valence-electron chi connectivity index (χ4n) is 2.44. The van der Waals surface area contributed by atoms with Crippen molar-refractivity contribution in [2.45, 2.75) is 27.1 Å². The van der Waals surface area contributed by atoms with E-state index in [2.05, 4.69) is 21.1 Å². The Balaban J connectivity index is 1.62. The highest BCUT2D eigenvalue weighted by Gasteiger charge is 2.12. The lowest BCUT2D eigenvalue weighted by molar-refractivity contribution is 0.0472. The molecule has 0 bridgehead atoms. The highest BCUT2D eigenvalue weighted by atomic mass is 79.9. The van der Waals surface area contributed by atoms with Gasteiger partial charge in [-0.2, -0.15) is 0 Å². The number of carbonyl (C=O) groups excluding carboxylic acids is 1. The summed E-state index contributed by atoms with van der Waals surface area (Å²) in [5, 5.41) is 3.90. The van der Waals surface area contributed by atoms with Gasteiger partial charge in [-0.05, 0) is 49.7 Å². The second-order valence-electron chi connectivity index (χ2n) is 5.83. The van der Waals surface area contributed by atoms with Gasteiger partial charge in [0.05, 0.1) is 16.8 Å². The first kappa shape index (κ1) is 18.2. The molecule has 26 heavy (non-hydrogen) atoms. The predicted molar refractivity (Wildman–Crippen MR) is 100 cm³/mol. The quantitative estimate of drug-likeness (QED) is 0.530. The van der Waals surface area contributed by atoms with Crippen molar-refractivity contribution in [2.24, 2.45) is 0 Å². The minimum atomic E-state index is -0.396. The molecule has 1 heterocycles. The van der Waals surface area contributed by atoms with Crippen LogP contribution < -0.4 is 4.74 Å². The first-order valence-electron chi connectivity index (χ1n) is 8.09. The maximum Gasteiger partial charge on any atom is 0.338 e. The summed E-state index contributed by atoms with van der Waals surface area (Å²) in [5.74, 6) is 0.918. The minimum absolute atomic E-state index is 0.211. The van der Waals surface area contributed by atoms with E-state index >= 15 is 0 Å². The molecular weight excluding hydrogens is 398 g/mol. The van der Waals surface area contributed by atoms with Crippen LogP contribution in [0.3, 0.4) is 0 Å². The summed E-state index contributed by atoms with van der Waals surface area (Å²) in [5.41, 5.74) is 3.06. The van der Waals surface area contributed by atoms with E-state index < -0.39 is 5.97 Å². The standard InChI is InChI=1S/C20H18BrNO4/c1-13-19(14(2)26-22-13)12-24-18-8-4-6-16(10-18)20(23)25-11-15-5-3-7-17(21)9-15/h3-10H,11-12H2,1-2H3. The van der Waals surface area contributed by atoms with Crippen LogP contribution in [0.2, 0.25) is 0 Å². The zero-order valence-electron chi connectivity index (χ0n) is 14.5. The lowest BCUT2D eigenvalue weighted by Gasteiger charge is -2.09. The largest absolute Gasteiger partial charge is 0.489 e. The molecule has 0 fully saturated rings. The molecule has 0 aliphatic heterocycles. The van der Waals surface area contributed by atoms with E-state index in [1.54, 1.807) is 24.3 Å². The SMILES string of the molecule is Cc1noc(C)c1COc1cccc(C(=O)OCc2cccc(Br)c2)c1. The summed E-state index contributed by atoms with van der Waals surface area (Å²) in [6, 6.07) is 14.6. The number of halogens is 1. The molecule has 0 N–H and O–H groups in total. The molecule has 0 atom stereocenters. The topological polar surface area (TPSA) is 61.6 Å². The van der Waals surface area contributed by atoms with Gasteiger partial charge < -0.3 is 14.0 Å². The van der Waals surface area contributed by atoms with Crippen molar-refractivity contribution < 1.29 is 18.8 Å². The van der Waals surface area contributed by atoms with Crippen LogP contribution in [0.5, 0.6) is 5.75 Å². The molecule has 0 aliphatic rings. The van der Waals surface area contributed by atoms with Crippen LogP contribution in [-0.4, -0.2) is 11.1 Å². The Morgan fingerprint density at radius 3 is 2.65 bits per heavy atom. The third-order valence-corrected chi connectivity index (χ3v) is 4.39. The summed E-state index contributed by atoms with van der Waals surface area (Å²) < 4.78 is 17.2. The summed E-state index contributed by atoms with van der Waals surface area (Å²) >= 11 is 3.40. The molecule has 5 nitrogen and oxygen atoms in total. The van der Waals surface area contributed by atoms with Crippen LogP contribution in [0.4, 0.5) is 0 Å². The summed E-state index contributed by atoms with van der Waals surface area (Å²) in [7, 11) is 0. The molecule has 0 spiro atoms. The first-order valence-corrected chi connectivity index (χ1v) is 8.88. The number of hydrogen-bond donors (Lipinski definition) is 0. The molecule has 1 aromatic heterocycles. The van der Waals surface area contributed by atoms with Crippen LogP contribution in [-0.2, 0) is 18.0 Å². The maximum absolute atomic E-state index is 12.3. The Labute approximate surface area is 160 Å². The first-order chi connectivity index (χ1) is 12.5. The van der Waals surface area contributed by atoms with Gasteiger partial charge in [0.15, 0.2) is 0 Å². The van der Waals surface area contributed by atoms with Gasteiger partial charge >= 0.3 is 5.97 Å². The van der Waals surface area contributed by atoms with Crippen molar-refractivity contribution in [1.82, 2.24) is 5.16 Å². The van der Waals surface area contributed by atoms with Crippen molar-refractivity contribution >= 4 is 21.9 Å². The van der Waals surface area contributed by atoms with Crippen molar-refractivity contribution in [3.63, 3.8) is 0 Å². The Morgan fingerprint density at radius 1 is 1.12 bits per heavy atom. The Bertz CT molecular complexity index is 900. The number of hydrogen-bond acceptors (Lipinski definition) is 5.